The van der Waals surface area contributed by atoms with Crippen LogP contribution in [0.4, 0.5) is 0 Å². The van der Waals surface area contributed by atoms with E-state index in [1.807, 2.05) is 4.90 Å². The van der Waals surface area contributed by atoms with Gasteiger partial charge < -0.3 is 14.9 Å². The van der Waals surface area contributed by atoms with E-state index in [2.05, 4.69) is 9.88 Å². The Morgan fingerprint density at radius 3 is 2.67 bits per heavy atom. The Labute approximate surface area is 140 Å². The number of aliphatic hydroxyl groups is 1. The van der Waals surface area contributed by atoms with Crippen molar-refractivity contribution in [2.75, 3.05) is 32.7 Å². The third-order valence-corrected chi connectivity index (χ3v) is 5.53. The van der Waals surface area contributed by atoms with Gasteiger partial charge in [-0.05, 0) is 18.6 Å². The van der Waals surface area contributed by atoms with Crippen molar-refractivity contribution in [1.82, 2.24) is 19.7 Å². The zero-order valence-electron chi connectivity index (χ0n) is 13.8. The molecule has 0 aliphatic carbocycles. The van der Waals surface area contributed by atoms with E-state index in [1.54, 1.807) is 36.4 Å². The van der Waals surface area contributed by atoms with Gasteiger partial charge in [-0.2, -0.15) is 0 Å². The number of pyridine rings is 1. The van der Waals surface area contributed by atoms with E-state index in [9.17, 15) is 14.7 Å². The van der Waals surface area contributed by atoms with Crippen LogP contribution in [-0.2, 0) is 4.79 Å². The molecule has 1 N–H and O–H groups in total. The SMILES string of the molecule is CC(=O)N1CC2(C1)CN(C(=O)c1cccnc1)C[C@H]1C[C@@H](O)CN12. The number of likely N-dealkylation sites (tertiary alicyclic amines) is 1. The molecule has 1 aromatic rings. The first-order valence-electron chi connectivity index (χ1n) is 8.38. The van der Waals surface area contributed by atoms with Crippen molar-refractivity contribution >= 4 is 11.8 Å². The molecule has 3 aliphatic rings. The number of β-amino-alcohol motifs (C(OH)–C–C–N with tert-alkyl or cyclic N) is 1. The molecule has 128 valence electrons. The van der Waals surface area contributed by atoms with Crippen molar-refractivity contribution in [2.45, 2.75) is 31.0 Å². The Kier molecular flexibility index (Phi) is 3.58. The van der Waals surface area contributed by atoms with E-state index >= 15 is 0 Å². The normalized spacial score (nSPS) is 28.6. The molecule has 4 heterocycles. The van der Waals surface area contributed by atoms with Crippen LogP contribution < -0.4 is 0 Å². The van der Waals surface area contributed by atoms with Crippen LogP contribution >= 0.6 is 0 Å². The standard InChI is InChI=1S/C17H22N4O3/c1-12(22)20-10-17(11-20)9-19(7-14-5-15(23)8-21(14)17)16(24)13-3-2-4-18-6-13/h2-4,6,14-15,23H,5,7-11H2,1H3/t14-,15-/m1/s1. The highest BCUT2D eigenvalue weighted by molar-refractivity contribution is 5.94. The van der Waals surface area contributed by atoms with Gasteiger partial charge in [0.1, 0.15) is 0 Å². The molecule has 1 aromatic heterocycles. The summed E-state index contributed by atoms with van der Waals surface area (Å²) in [6.45, 7) is 4.67. The highest BCUT2D eigenvalue weighted by atomic mass is 16.3. The molecular weight excluding hydrogens is 308 g/mol. The Morgan fingerprint density at radius 1 is 1.25 bits per heavy atom. The summed E-state index contributed by atoms with van der Waals surface area (Å²) in [7, 11) is 0. The van der Waals surface area contributed by atoms with Crippen LogP contribution in [0.25, 0.3) is 0 Å². The molecule has 2 amide bonds. The molecule has 1 spiro atoms. The first kappa shape index (κ1) is 15.5. The van der Waals surface area contributed by atoms with Crippen LogP contribution in [0.2, 0.25) is 0 Å². The van der Waals surface area contributed by atoms with E-state index in [1.165, 1.54) is 0 Å². The van der Waals surface area contributed by atoms with E-state index < -0.39 is 0 Å². The van der Waals surface area contributed by atoms with Crippen LogP contribution in [0.15, 0.2) is 24.5 Å². The van der Waals surface area contributed by atoms with E-state index in [-0.39, 0.29) is 29.5 Å². The lowest BCUT2D eigenvalue weighted by molar-refractivity contribution is -0.151. The average Bonchev–Trinajstić information content (AvgIpc) is 2.92. The van der Waals surface area contributed by atoms with Crippen LogP contribution in [0.1, 0.15) is 23.7 Å². The summed E-state index contributed by atoms with van der Waals surface area (Å²) in [4.78, 5) is 34.5. The van der Waals surface area contributed by atoms with Gasteiger partial charge in [0.2, 0.25) is 5.91 Å². The van der Waals surface area contributed by atoms with Crippen molar-refractivity contribution in [1.29, 1.82) is 0 Å². The van der Waals surface area contributed by atoms with Gasteiger partial charge in [-0.25, -0.2) is 0 Å². The van der Waals surface area contributed by atoms with Gasteiger partial charge in [0, 0.05) is 58.1 Å². The fourth-order valence-electron chi connectivity index (χ4n) is 4.41. The molecule has 4 rings (SSSR count). The molecule has 3 aliphatic heterocycles. The Hall–Kier alpha value is -1.99. The van der Waals surface area contributed by atoms with Gasteiger partial charge in [0.25, 0.3) is 5.91 Å². The molecule has 0 saturated carbocycles. The first-order chi connectivity index (χ1) is 11.5. The van der Waals surface area contributed by atoms with Crippen molar-refractivity contribution in [3.05, 3.63) is 30.1 Å². The number of hydrogen-bond donors (Lipinski definition) is 1. The van der Waals surface area contributed by atoms with Crippen molar-refractivity contribution in [3.8, 4) is 0 Å². The number of carbonyl (C=O) groups excluding carboxylic acids is 2. The zero-order chi connectivity index (χ0) is 16.9. The van der Waals surface area contributed by atoms with Gasteiger partial charge in [-0.1, -0.05) is 0 Å². The maximum Gasteiger partial charge on any atom is 0.255 e. The largest absolute Gasteiger partial charge is 0.392 e. The number of aromatic nitrogens is 1. The quantitative estimate of drug-likeness (QED) is 0.756. The number of aliphatic hydroxyl groups excluding tert-OH is 1. The average molecular weight is 330 g/mol. The topological polar surface area (TPSA) is 77.0 Å². The van der Waals surface area contributed by atoms with Gasteiger partial charge >= 0.3 is 0 Å². The second-order valence-electron chi connectivity index (χ2n) is 7.22. The summed E-state index contributed by atoms with van der Waals surface area (Å²) in [5.74, 6) is 0.0393. The summed E-state index contributed by atoms with van der Waals surface area (Å²) >= 11 is 0. The van der Waals surface area contributed by atoms with E-state index in [0.29, 0.717) is 44.7 Å². The number of amides is 2. The molecule has 0 aromatic carbocycles. The number of rotatable bonds is 1. The lowest BCUT2D eigenvalue weighted by Crippen LogP contribution is -2.78. The summed E-state index contributed by atoms with van der Waals surface area (Å²) in [5, 5.41) is 10.1. The molecular formula is C17H22N4O3. The van der Waals surface area contributed by atoms with Gasteiger partial charge in [-0.3, -0.25) is 19.5 Å². The summed E-state index contributed by atoms with van der Waals surface area (Å²) in [5.41, 5.74) is 0.367. The molecule has 2 atom stereocenters. The fourth-order valence-corrected chi connectivity index (χ4v) is 4.41. The number of nitrogens with zero attached hydrogens (tertiary/aromatic N) is 4. The lowest BCUT2D eigenvalue weighted by atomic mass is 9.83. The van der Waals surface area contributed by atoms with Crippen molar-refractivity contribution in [3.63, 3.8) is 0 Å². The minimum absolute atomic E-state index is 0.0233. The Balaban J connectivity index is 1.58. The molecule has 0 radical (unpaired) electrons. The zero-order valence-corrected chi connectivity index (χ0v) is 13.8. The van der Waals surface area contributed by atoms with Gasteiger partial charge in [0.05, 0.1) is 17.2 Å². The monoisotopic (exact) mass is 330 g/mol. The van der Waals surface area contributed by atoms with Crippen LogP contribution in [0.3, 0.4) is 0 Å². The maximum absolute atomic E-state index is 12.8. The second kappa shape index (κ2) is 5.53. The molecule has 3 fully saturated rings. The number of piperazine rings is 1. The first-order valence-corrected chi connectivity index (χ1v) is 8.38. The maximum atomic E-state index is 12.8. The smallest absolute Gasteiger partial charge is 0.255 e. The number of carbonyl (C=O) groups is 2. The highest BCUT2D eigenvalue weighted by Gasteiger charge is 2.57. The minimum Gasteiger partial charge on any atom is -0.392 e. The predicted octanol–water partition coefficient (Wildman–Crippen LogP) is -0.426. The van der Waals surface area contributed by atoms with Crippen molar-refractivity contribution in [2.24, 2.45) is 0 Å². The van der Waals surface area contributed by atoms with E-state index in [0.717, 1.165) is 0 Å². The summed E-state index contributed by atoms with van der Waals surface area (Å²) < 4.78 is 0. The predicted molar refractivity (Wildman–Crippen MR) is 86.2 cm³/mol. The van der Waals surface area contributed by atoms with Crippen LogP contribution in [0.5, 0.6) is 0 Å². The third kappa shape index (κ3) is 2.39. The Morgan fingerprint density at radius 2 is 2.00 bits per heavy atom. The number of hydrogen-bond acceptors (Lipinski definition) is 5. The molecule has 3 saturated heterocycles. The Bertz CT molecular complexity index is 659. The summed E-state index contributed by atoms with van der Waals surface area (Å²) in [6, 6.07) is 3.70. The van der Waals surface area contributed by atoms with Crippen molar-refractivity contribution < 1.29 is 14.7 Å². The second-order valence-corrected chi connectivity index (χ2v) is 7.22. The summed E-state index contributed by atoms with van der Waals surface area (Å²) in [6.07, 6.45) is 3.57. The minimum atomic E-state index is -0.355. The van der Waals surface area contributed by atoms with Gasteiger partial charge in [-0.15, -0.1) is 0 Å². The molecule has 24 heavy (non-hydrogen) atoms. The van der Waals surface area contributed by atoms with E-state index in [4.69, 9.17) is 0 Å². The molecule has 7 nitrogen and oxygen atoms in total. The lowest BCUT2D eigenvalue weighted by Gasteiger charge is -2.60. The van der Waals surface area contributed by atoms with Crippen LogP contribution in [0, 0.1) is 0 Å². The highest BCUT2D eigenvalue weighted by Crippen LogP contribution is 2.39. The van der Waals surface area contributed by atoms with Gasteiger partial charge in [0.15, 0.2) is 0 Å². The number of fused-ring (bicyclic) bond motifs is 2. The fraction of sp³-hybridized carbons (Fsp3) is 0.588. The molecule has 0 bridgehead atoms. The third-order valence-electron chi connectivity index (χ3n) is 5.53. The van der Waals surface area contributed by atoms with Crippen LogP contribution in [-0.4, -0.2) is 87.0 Å². The molecule has 7 heteroatoms. The molecule has 0 unspecified atom stereocenters.